The molecule has 5 heteroatoms. The van der Waals surface area contributed by atoms with Crippen LogP contribution in [-0.4, -0.2) is 11.6 Å². The largest absolute Gasteiger partial charge is 0.487 e. The summed E-state index contributed by atoms with van der Waals surface area (Å²) in [4.78, 5) is 12.2. The van der Waals surface area contributed by atoms with Crippen molar-refractivity contribution >= 4 is 17.6 Å². The number of fused-ring (bicyclic) bond motifs is 1. The fourth-order valence-corrected chi connectivity index (χ4v) is 3.76. The molecular weight excluding hydrogens is 391 g/mol. The van der Waals surface area contributed by atoms with Gasteiger partial charge in [0.05, 0.1) is 10.6 Å². The normalized spacial score (nSPS) is 15.6. The first kappa shape index (κ1) is 21.6. The third-order valence-corrected chi connectivity index (χ3v) is 5.34. The van der Waals surface area contributed by atoms with Crippen LogP contribution in [0.25, 0.3) is 0 Å². The van der Waals surface area contributed by atoms with Crippen LogP contribution < -0.4 is 4.74 Å². The number of carbonyl (C=O) groups is 1. The van der Waals surface area contributed by atoms with Gasteiger partial charge < -0.3 is 9.47 Å². The summed E-state index contributed by atoms with van der Waals surface area (Å²) in [6, 6.07) is 8.75. The van der Waals surface area contributed by atoms with Crippen LogP contribution in [0.3, 0.4) is 0 Å². The van der Waals surface area contributed by atoms with Crippen LogP contribution in [0.5, 0.6) is 5.75 Å². The fraction of sp³-hybridized carbons (Fsp3) is 0.458. The molecule has 156 valence electrons. The minimum absolute atomic E-state index is 0.173. The highest BCUT2D eigenvalue weighted by molar-refractivity contribution is 6.32. The van der Waals surface area contributed by atoms with Crippen molar-refractivity contribution in [3.05, 3.63) is 63.4 Å². The maximum Gasteiger partial charge on any atom is 0.341 e. The Morgan fingerprint density at radius 3 is 2.59 bits per heavy atom. The lowest BCUT2D eigenvalue weighted by atomic mass is 9.74. The third-order valence-electron chi connectivity index (χ3n) is 5.05. The van der Waals surface area contributed by atoms with Crippen molar-refractivity contribution in [2.75, 3.05) is 0 Å². The average molecular weight is 419 g/mol. The molecule has 0 unspecified atom stereocenters. The summed E-state index contributed by atoms with van der Waals surface area (Å²) < 4.78 is 25.4. The van der Waals surface area contributed by atoms with Gasteiger partial charge in [-0.05, 0) is 68.2 Å². The van der Waals surface area contributed by atoms with E-state index in [4.69, 9.17) is 21.1 Å². The van der Waals surface area contributed by atoms with E-state index in [1.807, 2.05) is 6.07 Å². The van der Waals surface area contributed by atoms with Gasteiger partial charge in [-0.1, -0.05) is 43.6 Å². The fourth-order valence-electron chi connectivity index (χ4n) is 3.54. The molecule has 0 saturated heterocycles. The first-order valence-electron chi connectivity index (χ1n) is 9.89. The topological polar surface area (TPSA) is 35.5 Å². The van der Waals surface area contributed by atoms with Crippen LogP contribution in [0.15, 0.2) is 30.3 Å². The van der Waals surface area contributed by atoms with Crippen molar-refractivity contribution in [2.45, 2.75) is 66.1 Å². The highest BCUT2D eigenvalue weighted by Crippen LogP contribution is 2.35. The lowest BCUT2D eigenvalue weighted by molar-refractivity contribution is 0.00646. The number of esters is 1. The molecule has 29 heavy (non-hydrogen) atoms. The van der Waals surface area contributed by atoms with E-state index in [1.165, 1.54) is 23.6 Å². The first-order valence-corrected chi connectivity index (χ1v) is 10.3. The van der Waals surface area contributed by atoms with Crippen molar-refractivity contribution in [3.63, 3.8) is 0 Å². The van der Waals surface area contributed by atoms with Gasteiger partial charge in [0.2, 0.25) is 0 Å². The lowest BCUT2D eigenvalue weighted by Gasteiger charge is -2.31. The Morgan fingerprint density at radius 1 is 1.17 bits per heavy atom. The molecule has 0 amide bonds. The van der Waals surface area contributed by atoms with E-state index in [9.17, 15) is 9.18 Å². The van der Waals surface area contributed by atoms with Crippen molar-refractivity contribution < 1.29 is 18.7 Å². The van der Waals surface area contributed by atoms with Gasteiger partial charge in [0.15, 0.2) is 0 Å². The SMILES string of the molecule is CC1(C)CCc2ccc(COc3cc(F)c(C(=O)OC(C)(C)C)cc3Cl)cc2C1. The number of hydrogen-bond acceptors (Lipinski definition) is 3. The average Bonchev–Trinajstić information content (AvgIpc) is 2.59. The van der Waals surface area contributed by atoms with Gasteiger partial charge in [-0.3, -0.25) is 0 Å². The van der Waals surface area contributed by atoms with Crippen LogP contribution in [0.2, 0.25) is 5.02 Å². The van der Waals surface area contributed by atoms with Crippen LogP contribution in [-0.2, 0) is 24.2 Å². The standard InChI is InChI=1S/C24H28ClFO3/c1-23(2,3)29-22(27)18-11-19(25)21(12-20(18)26)28-14-15-6-7-16-8-9-24(4,5)13-17(16)10-15/h6-7,10-12H,8-9,13-14H2,1-5H3. The summed E-state index contributed by atoms with van der Waals surface area (Å²) in [5.74, 6) is -1.26. The Morgan fingerprint density at radius 2 is 1.90 bits per heavy atom. The number of ether oxygens (including phenoxy) is 2. The lowest BCUT2D eigenvalue weighted by Crippen LogP contribution is -2.24. The second-order valence-corrected chi connectivity index (χ2v) is 9.90. The summed E-state index contributed by atoms with van der Waals surface area (Å²) in [5.41, 5.74) is 3.13. The van der Waals surface area contributed by atoms with Gasteiger partial charge in [-0.2, -0.15) is 0 Å². The predicted molar refractivity (Wildman–Crippen MR) is 113 cm³/mol. The smallest absolute Gasteiger partial charge is 0.341 e. The molecule has 1 aliphatic rings. The minimum Gasteiger partial charge on any atom is -0.487 e. The first-order chi connectivity index (χ1) is 13.4. The molecule has 1 aliphatic carbocycles. The monoisotopic (exact) mass is 418 g/mol. The van der Waals surface area contributed by atoms with Gasteiger partial charge in [-0.25, -0.2) is 9.18 Å². The number of benzene rings is 2. The maximum atomic E-state index is 14.5. The highest BCUT2D eigenvalue weighted by Gasteiger charge is 2.25. The van der Waals surface area contributed by atoms with Gasteiger partial charge in [-0.15, -0.1) is 0 Å². The summed E-state index contributed by atoms with van der Waals surface area (Å²) in [6.07, 6.45) is 3.32. The molecule has 0 N–H and O–H groups in total. The van der Waals surface area contributed by atoms with E-state index in [0.29, 0.717) is 5.41 Å². The Bertz CT molecular complexity index is 928. The van der Waals surface area contributed by atoms with E-state index >= 15 is 0 Å². The molecular formula is C24H28ClFO3. The zero-order chi connectivity index (χ0) is 21.4. The molecule has 0 spiro atoms. The molecule has 0 bridgehead atoms. The van der Waals surface area contributed by atoms with Crippen LogP contribution in [0.4, 0.5) is 4.39 Å². The predicted octanol–water partition coefficient (Wildman–Crippen LogP) is 6.53. The molecule has 0 saturated carbocycles. The molecule has 0 radical (unpaired) electrons. The zero-order valence-corrected chi connectivity index (χ0v) is 18.5. The number of aryl methyl sites for hydroxylation is 1. The van der Waals surface area contributed by atoms with Gasteiger partial charge in [0.1, 0.15) is 23.8 Å². The van der Waals surface area contributed by atoms with Gasteiger partial charge in [0.25, 0.3) is 0 Å². The second kappa shape index (κ2) is 7.98. The van der Waals surface area contributed by atoms with Crippen LogP contribution in [0.1, 0.15) is 68.1 Å². The van der Waals surface area contributed by atoms with Crippen molar-refractivity contribution in [1.29, 1.82) is 0 Å². The summed E-state index contributed by atoms with van der Waals surface area (Å²) >= 11 is 6.24. The molecule has 0 fully saturated rings. The molecule has 0 atom stereocenters. The molecule has 2 aromatic carbocycles. The molecule has 0 aliphatic heterocycles. The maximum absolute atomic E-state index is 14.5. The van der Waals surface area contributed by atoms with E-state index in [-0.39, 0.29) is 22.9 Å². The van der Waals surface area contributed by atoms with Crippen LogP contribution in [0, 0.1) is 11.2 Å². The molecule has 2 aromatic rings. The van der Waals surface area contributed by atoms with Crippen molar-refractivity contribution in [2.24, 2.45) is 5.41 Å². The molecule has 0 heterocycles. The van der Waals surface area contributed by atoms with Crippen molar-refractivity contribution in [1.82, 2.24) is 0 Å². The second-order valence-electron chi connectivity index (χ2n) is 9.50. The quantitative estimate of drug-likeness (QED) is 0.529. The minimum atomic E-state index is -0.749. The zero-order valence-electron chi connectivity index (χ0n) is 17.7. The Balaban J connectivity index is 1.73. The molecule has 3 nitrogen and oxygen atoms in total. The number of rotatable bonds is 4. The number of carbonyl (C=O) groups excluding carboxylic acids is 1. The Labute approximate surface area is 177 Å². The van der Waals surface area contributed by atoms with Crippen molar-refractivity contribution in [3.8, 4) is 5.75 Å². The molecule has 3 rings (SSSR count). The summed E-state index contributed by atoms with van der Waals surface area (Å²) in [7, 11) is 0. The third kappa shape index (κ3) is 5.51. The summed E-state index contributed by atoms with van der Waals surface area (Å²) in [6.45, 7) is 10.0. The van der Waals surface area contributed by atoms with Crippen LogP contribution >= 0.6 is 11.6 Å². The van der Waals surface area contributed by atoms with E-state index in [0.717, 1.165) is 24.5 Å². The molecule has 0 aromatic heterocycles. The van der Waals surface area contributed by atoms with Gasteiger partial charge in [0, 0.05) is 6.07 Å². The van der Waals surface area contributed by atoms with Gasteiger partial charge >= 0.3 is 5.97 Å². The Hall–Kier alpha value is -2.07. The van der Waals surface area contributed by atoms with E-state index in [1.54, 1.807) is 20.8 Å². The number of hydrogen-bond donors (Lipinski definition) is 0. The number of halogens is 2. The van der Waals surface area contributed by atoms with E-state index in [2.05, 4.69) is 26.0 Å². The van der Waals surface area contributed by atoms with E-state index < -0.39 is 17.4 Å². The highest BCUT2D eigenvalue weighted by atomic mass is 35.5. The Kier molecular flexibility index (Phi) is 5.96. The summed E-state index contributed by atoms with van der Waals surface area (Å²) in [5, 5.41) is 0.173.